The van der Waals surface area contributed by atoms with Crippen molar-refractivity contribution in [3.8, 4) is 0 Å². The average Bonchev–Trinajstić information content (AvgIpc) is 2.69. The minimum Gasteiger partial charge on any atom is -0.361 e. The Morgan fingerprint density at radius 1 is 1.21 bits per heavy atom. The fourth-order valence-corrected chi connectivity index (χ4v) is 2.41. The fourth-order valence-electron chi connectivity index (χ4n) is 2.41. The maximum absolute atomic E-state index is 13.3. The van der Waals surface area contributed by atoms with E-state index in [9.17, 15) is 8.78 Å². The van der Waals surface area contributed by atoms with Gasteiger partial charge in [-0.3, -0.25) is 0 Å². The third kappa shape index (κ3) is 3.32. The van der Waals surface area contributed by atoms with E-state index in [0.717, 1.165) is 30.5 Å². The van der Waals surface area contributed by atoms with Gasteiger partial charge < -0.3 is 9.88 Å². The molecule has 0 saturated heterocycles. The molecular weight excluding hydrogens is 246 g/mol. The summed E-state index contributed by atoms with van der Waals surface area (Å²) in [6.07, 6.45) is 2.67. The Hall–Kier alpha value is -1.42. The molecule has 1 aromatic heterocycles. The lowest BCUT2D eigenvalue weighted by atomic mass is 10.1. The summed E-state index contributed by atoms with van der Waals surface area (Å²) in [5.74, 6) is -0.971. The number of aromatic amines is 1. The maximum atomic E-state index is 13.3. The van der Waals surface area contributed by atoms with Gasteiger partial charge in [0, 0.05) is 36.3 Å². The molecular formula is C15H20F2N2. The van der Waals surface area contributed by atoms with Crippen molar-refractivity contribution < 1.29 is 8.78 Å². The van der Waals surface area contributed by atoms with Gasteiger partial charge in [-0.2, -0.15) is 0 Å². The summed E-state index contributed by atoms with van der Waals surface area (Å²) in [5.41, 5.74) is 1.69. The molecule has 2 aromatic rings. The molecule has 0 unspecified atom stereocenters. The molecule has 0 aliphatic rings. The van der Waals surface area contributed by atoms with Crippen LogP contribution < -0.4 is 0 Å². The third-order valence-electron chi connectivity index (χ3n) is 3.25. The number of nitrogens with zero attached hydrogens (tertiary/aromatic N) is 1. The zero-order valence-electron chi connectivity index (χ0n) is 11.6. The summed E-state index contributed by atoms with van der Waals surface area (Å²) in [7, 11) is 2.08. The molecule has 1 aromatic carbocycles. The molecule has 2 rings (SSSR count). The lowest BCUT2D eigenvalue weighted by Crippen LogP contribution is -2.25. The van der Waals surface area contributed by atoms with Crippen LogP contribution in [0.3, 0.4) is 0 Å². The topological polar surface area (TPSA) is 19.0 Å². The minimum atomic E-state index is -0.808. The predicted molar refractivity (Wildman–Crippen MR) is 74.3 cm³/mol. The zero-order valence-corrected chi connectivity index (χ0v) is 11.6. The summed E-state index contributed by atoms with van der Waals surface area (Å²) < 4.78 is 26.4. The monoisotopic (exact) mass is 266 g/mol. The SMILES string of the molecule is CC(C)CN(C)CCc1c[nH]c2cc(F)c(F)cc12. The van der Waals surface area contributed by atoms with Crippen molar-refractivity contribution in [3.05, 3.63) is 35.5 Å². The smallest absolute Gasteiger partial charge is 0.160 e. The molecule has 104 valence electrons. The van der Waals surface area contributed by atoms with Gasteiger partial charge >= 0.3 is 0 Å². The molecule has 0 saturated carbocycles. The van der Waals surface area contributed by atoms with E-state index in [0.29, 0.717) is 11.4 Å². The Balaban J connectivity index is 2.11. The lowest BCUT2D eigenvalue weighted by Gasteiger charge is -2.18. The standard InChI is InChI=1S/C15H20F2N2/c1-10(2)9-19(3)5-4-11-8-18-15-7-14(17)13(16)6-12(11)15/h6-8,10,18H,4-5,9H2,1-3H3. The molecule has 0 fully saturated rings. The Morgan fingerprint density at radius 3 is 2.58 bits per heavy atom. The molecule has 19 heavy (non-hydrogen) atoms. The van der Waals surface area contributed by atoms with E-state index < -0.39 is 11.6 Å². The van der Waals surface area contributed by atoms with Crippen LogP contribution in [-0.2, 0) is 6.42 Å². The largest absolute Gasteiger partial charge is 0.361 e. The van der Waals surface area contributed by atoms with Gasteiger partial charge in [0.25, 0.3) is 0 Å². The summed E-state index contributed by atoms with van der Waals surface area (Å²) in [6, 6.07) is 2.49. The van der Waals surface area contributed by atoms with E-state index in [-0.39, 0.29) is 0 Å². The first-order valence-electron chi connectivity index (χ1n) is 6.61. The summed E-state index contributed by atoms with van der Waals surface area (Å²) in [4.78, 5) is 5.25. The van der Waals surface area contributed by atoms with E-state index in [4.69, 9.17) is 0 Å². The van der Waals surface area contributed by atoms with Crippen molar-refractivity contribution in [2.45, 2.75) is 20.3 Å². The minimum absolute atomic E-state index is 0.625. The highest BCUT2D eigenvalue weighted by Crippen LogP contribution is 2.22. The molecule has 0 spiro atoms. The van der Waals surface area contributed by atoms with Crippen molar-refractivity contribution in [2.24, 2.45) is 5.92 Å². The summed E-state index contributed by atoms with van der Waals surface area (Å²) >= 11 is 0. The van der Waals surface area contributed by atoms with Crippen LogP contribution in [0.1, 0.15) is 19.4 Å². The van der Waals surface area contributed by atoms with Gasteiger partial charge in [0.2, 0.25) is 0 Å². The van der Waals surface area contributed by atoms with Crippen LogP contribution in [0, 0.1) is 17.6 Å². The molecule has 1 N–H and O–H groups in total. The normalized spacial score (nSPS) is 11.9. The Labute approximate surface area is 112 Å². The van der Waals surface area contributed by atoms with Gasteiger partial charge in [-0.15, -0.1) is 0 Å². The highest BCUT2D eigenvalue weighted by molar-refractivity contribution is 5.83. The molecule has 4 heteroatoms. The third-order valence-corrected chi connectivity index (χ3v) is 3.25. The van der Waals surface area contributed by atoms with E-state index in [1.54, 1.807) is 0 Å². The lowest BCUT2D eigenvalue weighted by molar-refractivity contribution is 0.299. The van der Waals surface area contributed by atoms with Gasteiger partial charge in [-0.05, 0) is 31.0 Å². The molecule has 0 radical (unpaired) electrons. The van der Waals surface area contributed by atoms with Crippen LogP contribution in [0.4, 0.5) is 8.78 Å². The van der Waals surface area contributed by atoms with Crippen LogP contribution in [-0.4, -0.2) is 30.0 Å². The number of nitrogens with one attached hydrogen (secondary N) is 1. The van der Waals surface area contributed by atoms with Gasteiger partial charge in [0.05, 0.1) is 0 Å². The van der Waals surface area contributed by atoms with Crippen LogP contribution in [0.25, 0.3) is 10.9 Å². The number of halogens is 2. The second kappa shape index (κ2) is 5.70. The van der Waals surface area contributed by atoms with Crippen molar-refractivity contribution in [1.29, 1.82) is 0 Å². The second-order valence-corrected chi connectivity index (χ2v) is 5.53. The average molecular weight is 266 g/mol. The first-order valence-corrected chi connectivity index (χ1v) is 6.61. The molecule has 1 heterocycles. The Kier molecular flexibility index (Phi) is 4.20. The Morgan fingerprint density at radius 2 is 1.89 bits per heavy atom. The van der Waals surface area contributed by atoms with Crippen molar-refractivity contribution in [2.75, 3.05) is 20.1 Å². The molecule has 0 amide bonds. The predicted octanol–water partition coefficient (Wildman–Crippen LogP) is 3.58. The first kappa shape index (κ1) is 14.0. The highest BCUT2D eigenvalue weighted by Gasteiger charge is 2.10. The van der Waals surface area contributed by atoms with Crippen LogP contribution in [0.2, 0.25) is 0 Å². The van der Waals surface area contributed by atoms with Crippen molar-refractivity contribution in [3.63, 3.8) is 0 Å². The van der Waals surface area contributed by atoms with Gasteiger partial charge in [-0.1, -0.05) is 13.8 Å². The van der Waals surface area contributed by atoms with Crippen LogP contribution >= 0.6 is 0 Å². The molecule has 2 nitrogen and oxygen atoms in total. The van der Waals surface area contributed by atoms with Crippen LogP contribution in [0.15, 0.2) is 18.3 Å². The van der Waals surface area contributed by atoms with Crippen molar-refractivity contribution >= 4 is 10.9 Å². The van der Waals surface area contributed by atoms with Crippen molar-refractivity contribution in [1.82, 2.24) is 9.88 Å². The van der Waals surface area contributed by atoms with Gasteiger partial charge in [0.1, 0.15) is 0 Å². The molecule has 0 atom stereocenters. The number of fused-ring (bicyclic) bond motifs is 1. The van der Waals surface area contributed by atoms with Gasteiger partial charge in [0.15, 0.2) is 11.6 Å². The number of aromatic nitrogens is 1. The number of H-pyrrole nitrogens is 1. The number of benzene rings is 1. The van der Waals surface area contributed by atoms with Crippen LogP contribution in [0.5, 0.6) is 0 Å². The van der Waals surface area contributed by atoms with E-state index in [1.165, 1.54) is 12.1 Å². The quantitative estimate of drug-likeness (QED) is 0.876. The van der Waals surface area contributed by atoms with E-state index in [2.05, 4.69) is 30.8 Å². The van der Waals surface area contributed by atoms with Gasteiger partial charge in [-0.25, -0.2) is 8.78 Å². The summed E-state index contributed by atoms with van der Waals surface area (Å²) in [6.45, 7) is 6.30. The Bertz CT molecular complexity index is 561. The highest BCUT2D eigenvalue weighted by atomic mass is 19.2. The maximum Gasteiger partial charge on any atom is 0.160 e. The second-order valence-electron chi connectivity index (χ2n) is 5.53. The first-order chi connectivity index (χ1) is 8.97. The summed E-state index contributed by atoms with van der Waals surface area (Å²) in [5, 5.41) is 0.775. The molecule has 0 bridgehead atoms. The van der Waals surface area contributed by atoms with E-state index in [1.807, 2.05) is 6.20 Å². The zero-order chi connectivity index (χ0) is 14.0. The number of hydrogen-bond acceptors (Lipinski definition) is 1. The fraction of sp³-hybridized carbons (Fsp3) is 0.467. The number of rotatable bonds is 5. The number of likely N-dealkylation sites (N-methyl/N-ethyl adjacent to an activating group) is 1. The number of hydrogen-bond donors (Lipinski definition) is 1. The molecule has 0 aliphatic carbocycles. The molecule has 0 aliphatic heterocycles. The van der Waals surface area contributed by atoms with E-state index >= 15 is 0 Å².